The number of hydrogen-bond donors (Lipinski definition) is 1. The van der Waals surface area contributed by atoms with E-state index in [1.165, 1.54) is 16.8 Å². The van der Waals surface area contributed by atoms with Crippen molar-refractivity contribution in [1.82, 2.24) is 0 Å². The zero-order chi connectivity index (χ0) is 15.8. The zero-order valence-corrected chi connectivity index (χ0v) is 13.0. The first-order valence-electron chi connectivity index (χ1n) is 7.91. The summed E-state index contributed by atoms with van der Waals surface area (Å²) in [4.78, 5) is 0. The molecule has 0 fully saturated rings. The standard InChI is InChI=1S/C20H18N2O/c1-23-15-9-10-19-18(11-15)16-3-2-4-17(16)20(22-19)14-7-5-13(12-21)6-8-14/h2-3,5-11,16-17,20,22H,4H2,1H3. The van der Waals surface area contributed by atoms with Crippen LogP contribution in [0.25, 0.3) is 0 Å². The van der Waals surface area contributed by atoms with Gasteiger partial charge in [-0.15, -0.1) is 0 Å². The third-order valence-electron chi connectivity index (χ3n) is 4.97. The van der Waals surface area contributed by atoms with E-state index < -0.39 is 0 Å². The lowest BCUT2D eigenvalue weighted by Crippen LogP contribution is -2.29. The van der Waals surface area contributed by atoms with Gasteiger partial charge < -0.3 is 10.1 Å². The van der Waals surface area contributed by atoms with E-state index in [1.54, 1.807) is 7.11 Å². The quantitative estimate of drug-likeness (QED) is 0.837. The van der Waals surface area contributed by atoms with Crippen LogP contribution in [0.2, 0.25) is 0 Å². The highest BCUT2D eigenvalue weighted by Crippen LogP contribution is 2.50. The molecule has 3 heteroatoms. The molecular weight excluding hydrogens is 284 g/mol. The molecule has 4 rings (SSSR count). The molecule has 1 N–H and O–H groups in total. The first-order valence-corrected chi connectivity index (χ1v) is 7.91. The fourth-order valence-corrected chi connectivity index (χ4v) is 3.79. The third kappa shape index (κ3) is 2.27. The van der Waals surface area contributed by atoms with Gasteiger partial charge in [-0.3, -0.25) is 0 Å². The molecule has 1 aliphatic carbocycles. The Labute approximate surface area is 136 Å². The second kappa shape index (κ2) is 5.48. The fraction of sp³-hybridized carbons (Fsp3) is 0.250. The third-order valence-corrected chi connectivity index (χ3v) is 4.97. The van der Waals surface area contributed by atoms with Crippen LogP contribution in [-0.4, -0.2) is 7.11 Å². The molecule has 23 heavy (non-hydrogen) atoms. The average molecular weight is 302 g/mol. The summed E-state index contributed by atoms with van der Waals surface area (Å²) in [6.45, 7) is 0. The summed E-state index contributed by atoms with van der Waals surface area (Å²) in [5.74, 6) is 1.82. The lowest BCUT2D eigenvalue weighted by molar-refractivity contribution is 0.405. The number of anilines is 1. The molecule has 0 aromatic heterocycles. The number of nitrogens with zero attached hydrogens (tertiary/aromatic N) is 1. The molecular formula is C20H18N2O. The van der Waals surface area contributed by atoms with Gasteiger partial charge in [-0.25, -0.2) is 0 Å². The fourth-order valence-electron chi connectivity index (χ4n) is 3.79. The molecule has 2 aromatic rings. The van der Waals surface area contributed by atoms with Crippen LogP contribution in [0.3, 0.4) is 0 Å². The van der Waals surface area contributed by atoms with Crippen LogP contribution in [0.1, 0.15) is 35.1 Å². The number of fused-ring (bicyclic) bond motifs is 3. The lowest BCUT2D eigenvalue weighted by atomic mass is 9.77. The van der Waals surface area contributed by atoms with Crippen molar-refractivity contribution in [1.29, 1.82) is 5.26 Å². The highest BCUT2D eigenvalue weighted by atomic mass is 16.5. The van der Waals surface area contributed by atoms with E-state index in [-0.39, 0.29) is 6.04 Å². The van der Waals surface area contributed by atoms with Crippen molar-refractivity contribution < 1.29 is 4.74 Å². The van der Waals surface area contributed by atoms with Crippen LogP contribution in [0, 0.1) is 17.2 Å². The van der Waals surface area contributed by atoms with Crippen LogP contribution in [0.15, 0.2) is 54.6 Å². The van der Waals surface area contributed by atoms with E-state index in [9.17, 15) is 0 Å². The van der Waals surface area contributed by atoms with Gasteiger partial charge >= 0.3 is 0 Å². The number of nitrogens with one attached hydrogen (secondary N) is 1. The normalized spacial score (nSPS) is 24.3. The van der Waals surface area contributed by atoms with E-state index in [4.69, 9.17) is 10.00 Å². The van der Waals surface area contributed by atoms with Crippen LogP contribution >= 0.6 is 0 Å². The Morgan fingerprint density at radius 1 is 1.17 bits per heavy atom. The van der Waals surface area contributed by atoms with Gasteiger partial charge in [-0.2, -0.15) is 5.26 Å². The summed E-state index contributed by atoms with van der Waals surface area (Å²) in [6.07, 6.45) is 5.67. The number of allylic oxidation sites excluding steroid dienone is 2. The highest BCUT2D eigenvalue weighted by Gasteiger charge is 2.37. The Kier molecular flexibility index (Phi) is 3.31. The Morgan fingerprint density at radius 2 is 2.00 bits per heavy atom. The number of ether oxygens (including phenoxy) is 1. The van der Waals surface area contributed by atoms with E-state index in [0.717, 1.165) is 12.2 Å². The van der Waals surface area contributed by atoms with Gasteiger partial charge in [0.05, 0.1) is 24.8 Å². The molecule has 0 saturated heterocycles. The Hall–Kier alpha value is -2.73. The first kappa shape index (κ1) is 13.9. The number of rotatable bonds is 2. The molecule has 0 spiro atoms. The largest absolute Gasteiger partial charge is 0.497 e. The molecule has 3 unspecified atom stereocenters. The summed E-state index contributed by atoms with van der Waals surface area (Å²) < 4.78 is 5.38. The maximum absolute atomic E-state index is 8.98. The molecule has 0 bridgehead atoms. The highest BCUT2D eigenvalue weighted by molar-refractivity contribution is 5.61. The maximum atomic E-state index is 8.98. The Bertz CT molecular complexity index is 801. The Balaban J connectivity index is 1.74. The minimum Gasteiger partial charge on any atom is -0.497 e. The van der Waals surface area contributed by atoms with Gasteiger partial charge in [0, 0.05) is 11.6 Å². The van der Waals surface area contributed by atoms with Gasteiger partial charge in [0.15, 0.2) is 0 Å². The first-order chi connectivity index (χ1) is 11.3. The second-order valence-corrected chi connectivity index (χ2v) is 6.16. The number of benzene rings is 2. The number of methoxy groups -OCH3 is 1. The van der Waals surface area contributed by atoms with Gasteiger partial charge in [-0.05, 0) is 53.8 Å². The molecule has 0 radical (unpaired) electrons. The molecule has 2 aromatic carbocycles. The van der Waals surface area contributed by atoms with Crippen LogP contribution in [0.4, 0.5) is 5.69 Å². The van der Waals surface area contributed by atoms with Crippen LogP contribution < -0.4 is 10.1 Å². The van der Waals surface area contributed by atoms with E-state index in [0.29, 0.717) is 17.4 Å². The topological polar surface area (TPSA) is 45.0 Å². The molecule has 114 valence electrons. The number of nitriles is 1. The molecule has 0 saturated carbocycles. The van der Waals surface area contributed by atoms with Gasteiger partial charge in [0.25, 0.3) is 0 Å². The number of hydrogen-bond acceptors (Lipinski definition) is 3. The second-order valence-electron chi connectivity index (χ2n) is 6.16. The smallest absolute Gasteiger partial charge is 0.119 e. The average Bonchev–Trinajstić information content (AvgIpc) is 3.11. The summed E-state index contributed by atoms with van der Waals surface area (Å²) in [7, 11) is 1.71. The van der Waals surface area contributed by atoms with Gasteiger partial charge in [-0.1, -0.05) is 24.3 Å². The summed E-state index contributed by atoms with van der Waals surface area (Å²) in [6, 6.07) is 16.6. The van der Waals surface area contributed by atoms with E-state index in [2.05, 4.69) is 47.8 Å². The molecule has 0 amide bonds. The predicted molar refractivity (Wildman–Crippen MR) is 90.5 cm³/mol. The molecule has 2 aliphatic rings. The zero-order valence-electron chi connectivity index (χ0n) is 13.0. The molecule has 3 atom stereocenters. The van der Waals surface area contributed by atoms with E-state index in [1.807, 2.05) is 18.2 Å². The molecule has 1 aliphatic heterocycles. The molecule has 3 nitrogen and oxygen atoms in total. The van der Waals surface area contributed by atoms with Crippen LogP contribution in [0.5, 0.6) is 5.75 Å². The van der Waals surface area contributed by atoms with E-state index >= 15 is 0 Å². The SMILES string of the molecule is COc1ccc2c(c1)C1C=CCC1C(c1ccc(C#N)cc1)N2. The predicted octanol–water partition coefficient (Wildman–Crippen LogP) is 4.39. The Morgan fingerprint density at radius 3 is 2.74 bits per heavy atom. The van der Waals surface area contributed by atoms with Crippen molar-refractivity contribution in [3.8, 4) is 11.8 Å². The van der Waals surface area contributed by atoms with Gasteiger partial charge in [0.2, 0.25) is 0 Å². The van der Waals surface area contributed by atoms with Crippen molar-refractivity contribution in [3.05, 3.63) is 71.3 Å². The lowest BCUT2D eigenvalue weighted by Gasteiger charge is -2.37. The monoisotopic (exact) mass is 302 g/mol. The summed E-state index contributed by atoms with van der Waals surface area (Å²) >= 11 is 0. The summed E-state index contributed by atoms with van der Waals surface area (Å²) in [5, 5.41) is 12.7. The van der Waals surface area contributed by atoms with Gasteiger partial charge in [0.1, 0.15) is 5.75 Å². The van der Waals surface area contributed by atoms with Crippen LogP contribution in [-0.2, 0) is 0 Å². The van der Waals surface area contributed by atoms with Crippen molar-refractivity contribution >= 4 is 5.69 Å². The van der Waals surface area contributed by atoms with Crippen molar-refractivity contribution in [2.24, 2.45) is 5.92 Å². The van der Waals surface area contributed by atoms with Crippen molar-refractivity contribution in [2.45, 2.75) is 18.4 Å². The van der Waals surface area contributed by atoms with Crippen molar-refractivity contribution in [3.63, 3.8) is 0 Å². The minimum atomic E-state index is 0.267. The maximum Gasteiger partial charge on any atom is 0.119 e. The van der Waals surface area contributed by atoms with Crippen molar-refractivity contribution in [2.75, 3.05) is 12.4 Å². The summed E-state index contributed by atoms with van der Waals surface area (Å²) in [5.41, 5.74) is 4.43. The molecule has 1 heterocycles. The minimum absolute atomic E-state index is 0.267.